The Morgan fingerprint density at radius 2 is 2.12 bits per heavy atom. The molecule has 0 bridgehead atoms. The van der Waals surface area contributed by atoms with Gasteiger partial charge >= 0.3 is 0 Å². The van der Waals surface area contributed by atoms with E-state index < -0.39 is 0 Å². The molecule has 0 spiro atoms. The fourth-order valence-corrected chi connectivity index (χ4v) is 2.92. The highest BCUT2D eigenvalue weighted by Crippen LogP contribution is 2.34. The molecule has 0 saturated carbocycles. The Bertz CT molecular complexity index is 996. The number of nitrogen functional groups attached to an aromatic ring is 1. The number of aryl methyl sites for hydroxylation is 1. The van der Waals surface area contributed by atoms with Gasteiger partial charge in [0.1, 0.15) is 17.3 Å². The molecule has 0 saturated heterocycles. The lowest BCUT2D eigenvalue weighted by molar-refractivity contribution is 1.20. The van der Waals surface area contributed by atoms with Crippen LogP contribution in [0.1, 0.15) is 12.6 Å². The van der Waals surface area contributed by atoms with Crippen molar-refractivity contribution in [2.75, 3.05) is 17.6 Å². The molecule has 0 atom stereocenters. The number of fused-ring (bicyclic) bond motifs is 1. The molecule has 120 valence electrons. The van der Waals surface area contributed by atoms with Gasteiger partial charge in [-0.25, -0.2) is 4.98 Å². The van der Waals surface area contributed by atoms with Crippen LogP contribution in [0.15, 0.2) is 47.2 Å². The number of amidine groups is 1. The monoisotopic (exact) mass is 318 g/mol. The second-order valence-electron chi connectivity index (χ2n) is 5.91. The van der Waals surface area contributed by atoms with Gasteiger partial charge in [0.05, 0.1) is 12.2 Å². The number of H-pyrrole nitrogens is 1. The molecule has 6 nitrogen and oxygen atoms in total. The highest BCUT2D eigenvalue weighted by molar-refractivity contribution is 6.10. The van der Waals surface area contributed by atoms with Gasteiger partial charge in [-0.15, -0.1) is 0 Å². The van der Waals surface area contributed by atoms with Crippen LogP contribution in [0, 0.1) is 6.92 Å². The Kier molecular flexibility index (Phi) is 3.30. The molecule has 4 heterocycles. The Hall–Kier alpha value is -3.15. The van der Waals surface area contributed by atoms with Gasteiger partial charge in [0, 0.05) is 23.5 Å². The predicted octanol–water partition coefficient (Wildman–Crippen LogP) is 3.29. The molecule has 3 aromatic heterocycles. The van der Waals surface area contributed by atoms with Crippen LogP contribution in [-0.4, -0.2) is 27.3 Å². The van der Waals surface area contributed by atoms with Gasteiger partial charge in [0.25, 0.3) is 0 Å². The van der Waals surface area contributed by atoms with Gasteiger partial charge in [0.2, 0.25) is 0 Å². The number of aromatic nitrogens is 3. The summed E-state index contributed by atoms with van der Waals surface area (Å²) in [5.41, 5.74) is 11.8. The molecule has 3 aromatic rings. The summed E-state index contributed by atoms with van der Waals surface area (Å²) in [6, 6.07) is 6.04. The largest absolute Gasteiger partial charge is 0.397 e. The van der Waals surface area contributed by atoms with Crippen LogP contribution in [0.4, 0.5) is 11.5 Å². The summed E-state index contributed by atoms with van der Waals surface area (Å²) in [6.07, 6.45) is 5.67. The second-order valence-corrected chi connectivity index (χ2v) is 5.91. The average molecular weight is 318 g/mol. The van der Waals surface area contributed by atoms with Crippen LogP contribution in [0.5, 0.6) is 0 Å². The summed E-state index contributed by atoms with van der Waals surface area (Å²) in [4.78, 5) is 16.5. The van der Waals surface area contributed by atoms with Crippen molar-refractivity contribution >= 4 is 28.4 Å². The highest BCUT2D eigenvalue weighted by Gasteiger charge is 2.15. The van der Waals surface area contributed by atoms with E-state index >= 15 is 0 Å². The first kappa shape index (κ1) is 14.4. The molecule has 1 aliphatic heterocycles. The van der Waals surface area contributed by atoms with E-state index in [1.165, 1.54) is 0 Å². The topological polar surface area (TPSA) is 92.0 Å². The zero-order valence-electron chi connectivity index (χ0n) is 13.6. The van der Waals surface area contributed by atoms with E-state index in [0.717, 1.165) is 45.1 Å². The van der Waals surface area contributed by atoms with Gasteiger partial charge in [-0.05, 0) is 48.7 Å². The normalized spacial score (nSPS) is 13.9. The molecule has 4 N–H and O–H groups in total. The Morgan fingerprint density at radius 1 is 1.25 bits per heavy atom. The van der Waals surface area contributed by atoms with Crippen molar-refractivity contribution in [1.82, 2.24) is 15.0 Å². The van der Waals surface area contributed by atoms with Crippen molar-refractivity contribution < 1.29 is 0 Å². The predicted molar refractivity (Wildman–Crippen MR) is 98.2 cm³/mol. The van der Waals surface area contributed by atoms with E-state index in [9.17, 15) is 0 Å². The highest BCUT2D eigenvalue weighted by atomic mass is 15.1. The first-order valence-electron chi connectivity index (χ1n) is 7.81. The lowest BCUT2D eigenvalue weighted by Crippen LogP contribution is -2.12. The molecule has 6 heteroatoms. The minimum atomic E-state index is 0.683. The summed E-state index contributed by atoms with van der Waals surface area (Å²) < 4.78 is 0. The van der Waals surface area contributed by atoms with Crippen LogP contribution in [0.2, 0.25) is 0 Å². The average Bonchev–Trinajstić information content (AvgIpc) is 3.13. The Labute approximate surface area is 139 Å². The van der Waals surface area contributed by atoms with Crippen molar-refractivity contribution in [3.05, 3.63) is 47.9 Å². The fourth-order valence-electron chi connectivity index (χ4n) is 2.92. The van der Waals surface area contributed by atoms with Crippen molar-refractivity contribution in [3.63, 3.8) is 0 Å². The molecule has 4 rings (SSSR count). The first-order chi connectivity index (χ1) is 11.6. The number of hydrogen-bond acceptors (Lipinski definition) is 5. The number of aliphatic imine (C=N–C) groups is 1. The molecule has 1 aliphatic rings. The van der Waals surface area contributed by atoms with Crippen LogP contribution in [-0.2, 0) is 0 Å². The number of nitrogens with two attached hydrogens (primary N) is 1. The van der Waals surface area contributed by atoms with E-state index in [1.807, 2.05) is 32.0 Å². The number of nitrogens with one attached hydrogen (secondary N) is 2. The minimum Gasteiger partial charge on any atom is -0.397 e. The summed E-state index contributed by atoms with van der Waals surface area (Å²) in [5.74, 6) is 1.60. The van der Waals surface area contributed by atoms with Gasteiger partial charge in [-0.1, -0.05) is 6.08 Å². The van der Waals surface area contributed by atoms with Crippen molar-refractivity contribution in [2.45, 2.75) is 13.8 Å². The smallest absolute Gasteiger partial charge is 0.142 e. The third-order valence-electron chi connectivity index (χ3n) is 4.15. The molecule has 0 fully saturated rings. The quantitative estimate of drug-likeness (QED) is 0.676. The number of hydrogen-bond donors (Lipinski definition) is 3. The zero-order valence-corrected chi connectivity index (χ0v) is 13.6. The van der Waals surface area contributed by atoms with Crippen molar-refractivity contribution in [2.24, 2.45) is 4.99 Å². The third kappa shape index (κ3) is 2.42. The lowest BCUT2D eigenvalue weighted by atomic mass is 10.0. The minimum absolute atomic E-state index is 0.683. The fraction of sp³-hybridized carbons (Fsp3) is 0.167. The maximum absolute atomic E-state index is 6.15. The van der Waals surface area contributed by atoms with Crippen LogP contribution < -0.4 is 11.1 Å². The molecule has 0 radical (unpaired) electrons. The lowest BCUT2D eigenvalue weighted by Gasteiger charge is -2.11. The van der Waals surface area contributed by atoms with E-state index in [-0.39, 0.29) is 0 Å². The number of nitrogens with zero attached hydrogens (tertiary/aromatic N) is 3. The molecular formula is C18H18N6. The molecule has 0 aromatic carbocycles. The van der Waals surface area contributed by atoms with Crippen LogP contribution in [0.25, 0.3) is 22.2 Å². The second kappa shape index (κ2) is 5.49. The summed E-state index contributed by atoms with van der Waals surface area (Å²) in [7, 11) is 0. The van der Waals surface area contributed by atoms with Crippen molar-refractivity contribution in [3.8, 4) is 11.1 Å². The molecular weight excluding hydrogens is 300 g/mol. The zero-order chi connectivity index (χ0) is 16.7. The van der Waals surface area contributed by atoms with Gasteiger partial charge in [0.15, 0.2) is 0 Å². The van der Waals surface area contributed by atoms with Gasteiger partial charge in [-0.3, -0.25) is 9.98 Å². The number of pyridine rings is 2. The SMILES string of the molecule is CC1=CCN=C1Nc1cc(-c2ccnc(C)c2)c2c(N)c[nH]c2n1. The van der Waals surface area contributed by atoms with E-state index in [0.29, 0.717) is 12.2 Å². The molecule has 0 aliphatic carbocycles. The number of anilines is 2. The number of aromatic amines is 1. The molecule has 0 amide bonds. The summed E-state index contributed by atoms with van der Waals surface area (Å²) in [6.45, 7) is 4.72. The van der Waals surface area contributed by atoms with Gasteiger partial charge < -0.3 is 16.0 Å². The molecule has 0 unspecified atom stereocenters. The maximum Gasteiger partial charge on any atom is 0.142 e. The number of rotatable bonds is 2. The Morgan fingerprint density at radius 3 is 2.88 bits per heavy atom. The van der Waals surface area contributed by atoms with E-state index in [2.05, 4.69) is 31.3 Å². The standard InChI is InChI=1S/C18H18N6/c1-10-3-5-21-17(10)23-15-8-13(12-4-6-20-11(2)7-12)16-14(19)9-22-18(16)24-15/h3-4,6-9H,5,19H2,1-2H3,(H2,21,22,23,24). The summed E-state index contributed by atoms with van der Waals surface area (Å²) in [5, 5.41) is 4.23. The van der Waals surface area contributed by atoms with Crippen LogP contribution >= 0.6 is 0 Å². The van der Waals surface area contributed by atoms with E-state index in [1.54, 1.807) is 12.4 Å². The maximum atomic E-state index is 6.15. The van der Waals surface area contributed by atoms with Crippen molar-refractivity contribution in [1.29, 1.82) is 0 Å². The first-order valence-corrected chi connectivity index (χ1v) is 7.81. The summed E-state index contributed by atoms with van der Waals surface area (Å²) >= 11 is 0. The van der Waals surface area contributed by atoms with Gasteiger partial charge in [-0.2, -0.15) is 0 Å². The third-order valence-corrected chi connectivity index (χ3v) is 4.15. The Balaban J connectivity index is 1.87. The van der Waals surface area contributed by atoms with Crippen LogP contribution in [0.3, 0.4) is 0 Å². The molecule has 24 heavy (non-hydrogen) atoms. The van der Waals surface area contributed by atoms with E-state index in [4.69, 9.17) is 5.73 Å².